The second-order valence-corrected chi connectivity index (χ2v) is 6.45. The number of sulfone groups is 1. The van der Waals surface area contributed by atoms with Gasteiger partial charge in [-0.2, -0.15) is 13.2 Å². The normalized spacial score (nSPS) is 12.0. The largest absolute Gasteiger partial charge is 0.501 e. The topological polar surface area (TPSA) is 86.5 Å². The summed E-state index contributed by atoms with van der Waals surface area (Å²) in [5.74, 6) is -3.54. The van der Waals surface area contributed by atoms with Crippen LogP contribution in [0.15, 0.2) is 41.3 Å². The Morgan fingerprint density at radius 2 is 1.60 bits per heavy atom. The first-order chi connectivity index (χ1) is 11.4. The molecule has 2 rings (SSSR count). The first-order valence-corrected chi connectivity index (χ1v) is 7.64. The number of nitro groups is 1. The maximum Gasteiger partial charge on any atom is 0.501 e. The number of nitrogens with zero attached hydrogens (tertiary/aromatic N) is 1. The average Bonchev–Trinajstić information content (AvgIpc) is 2.48. The van der Waals surface area contributed by atoms with E-state index in [9.17, 15) is 40.5 Å². The maximum atomic E-state index is 13.5. The molecule has 2 aromatic rings. The minimum atomic E-state index is -5.82. The van der Waals surface area contributed by atoms with Gasteiger partial charge in [0, 0.05) is 12.1 Å². The van der Waals surface area contributed by atoms with Gasteiger partial charge in [-0.25, -0.2) is 17.2 Å². The molecule has 0 spiro atoms. The van der Waals surface area contributed by atoms with Crippen molar-refractivity contribution in [2.75, 3.05) is 0 Å². The first kappa shape index (κ1) is 18.6. The van der Waals surface area contributed by atoms with Crippen molar-refractivity contribution in [3.63, 3.8) is 0 Å². The summed E-state index contributed by atoms with van der Waals surface area (Å²) in [4.78, 5) is 8.40. The van der Waals surface area contributed by atoms with Crippen LogP contribution in [-0.4, -0.2) is 18.8 Å². The van der Waals surface area contributed by atoms with Gasteiger partial charge in [-0.3, -0.25) is 10.1 Å². The van der Waals surface area contributed by atoms with Crippen molar-refractivity contribution < 1.29 is 40.0 Å². The van der Waals surface area contributed by atoms with Crippen LogP contribution < -0.4 is 4.74 Å². The number of ether oxygens (including phenoxy) is 1. The lowest BCUT2D eigenvalue weighted by molar-refractivity contribution is -0.385. The van der Waals surface area contributed by atoms with Gasteiger partial charge in [0.05, 0.1) is 9.82 Å². The second-order valence-electron chi connectivity index (χ2n) is 4.51. The Bertz CT molecular complexity index is 942. The first-order valence-electron chi connectivity index (χ1n) is 6.16. The predicted molar refractivity (Wildman–Crippen MR) is 72.8 cm³/mol. The molecule has 0 aromatic heterocycles. The molecule has 0 saturated heterocycles. The minimum absolute atomic E-state index is 0.138. The van der Waals surface area contributed by atoms with Crippen LogP contribution in [0.3, 0.4) is 0 Å². The number of nitro benzene ring substituents is 1. The van der Waals surface area contributed by atoms with Crippen LogP contribution in [0.1, 0.15) is 0 Å². The quantitative estimate of drug-likeness (QED) is 0.453. The van der Waals surface area contributed by atoms with Crippen LogP contribution in [0.2, 0.25) is 0 Å². The molecule has 0 unspecified atom stereocenters. The van der Waals surface area contributed by atoms with Gasteiger partial charge in [0.15, 0.2) is 11.6 Å². The Hall–Kier alpha value is -2.76. The third-order valence-corrected chi connectivity index (χ3v) is 4.34. The molecule has 0 amide bonds. The lowest BCUT2D eigenvalue weighted by atomic mass is 10.3. The average molecular weight is 383 g/mol. The Morgan fingerprint density at radius 1 is 1.00 bits per heavy atom. The third kappa shape index (κ3) is 3.68. The van der Waals surface area contributed by atoms with Gasteiger partial charge in [-0.1, -0.05) is 0 Å². The Kier molecular flexibility index (Phi) is 4.66. The van der Waals surface area contributed by atoms with Gasteiger partial charge in [-0.05, 0) is 24.3 Å². The fraction of sp³-hybridized carbons (Fsp3) is 0.0769. The molecule has 25 heavy (non-hydrogen) atoms. The van der Waals surface area contributed by atoms with Crippen molar-refractivity contribution in [3.05, 3.63) is 58.1 Å². The molecule has 0 aliphatic carbocycles. The van der Waals surface area contributed by atoms with E-state index in [2.05, 4.69) is 0 Å². The van der Waals surface area contributed by atoms with E-state index in [-0.39, 0.29) is 6.07 Å². The lowest BCUT2D eigenvalue weighted by Crippen LogP contribution is -2.23. The molecule has 0 aliphatic rings. The van der Waals surface area contributed by atoms with Gasteiger partial charge in [0.2, 0.25) is 5.75 Å². The van der Waals surface area contributed by atoms with Crippen molar-refractivity contribution in [1.82, 2.24) is 0 Å². The Labute approximate surface area is 136 Å². The monoisotopic (exact) mass is 383 g/mol. The number of benzene rings is 2. The molecule has 0 bridgehead atoms. The summed E-state index contributed by atoms with van der Waals surface area (Å²) in [5, 5.41) is 11.0. The van der Waals surface area contributed by atoms with Gasteiger partial charge in [0.25, 0.3) is 9.84 Å². The van der Waals surface area contributed by atoms with Crippen molar-refractivity contribution in [3.8, 4) is 11.5 Å². The number of alkyl halides is 3. The molecular weight excluding hydrogens is 377 g/mol. The fourth-order valence-electron chi connectivity index (χ4n) is 1.70. The molecule has 0 heterocycles. The molecule has 6 nitrogen and oxygen atoms in total. The highest BCUT2D eigenvalue weighted by molar-refractivity contribution is 7.92. The van der Waals surface area contributed by atoms with Gasteiger partial charge in [-0.15, -0.1) is 0 Å². The summed E-state index contributed by atoms with van der Waals surface area (Å²) < 4.78 is 91.3. The van der Waals surface area contributed by atoms with Gasteiger partial charge in [0.1, 0.15) is 5.82 Å². The molecule has 2 aromatic carbocycles. The molecular formula is C13H6F5NO5S. The van der Waals surface area contributed by atoms with Crippen molar-refractivity contribution in [2.45, 2.75) is 10.4 Å². The van der Waals surface area contributed by atoms with Crippen molar-refractivity contribution >= 4 is 15.5 Å². The van der Waals surface area contributed by atoms with E-state index in [4.69, 9.17) is 4.74 Å². The van der Waals surface area contributed by atoms with Gasteiger partial charge < -0.3 is 4.74 Å². The summed E-state index contributed by atoms with van der Waals surface area (Å²) in [5.41, 5.74) is -6.80. The van der Waals surface area contributed by atoms with E-state index in [1.54, 1.807) is 0 Å². The zero-order valence-corrected chi connectivity index (χ0v) is 12.6. The Balaban J connectivity index is 2.52. The van der Waals surface area contributed by atoms with E-state index in [1.165, 1.54) is 0 Å². The number of hydrogen-bond donors (Lipinski definition) is 0. The fourth-order valence-corrected chi connectivity index (χ4v) is 2.48. The van der Waals surface area contributed by atoms with E-state index >= 15 is 0 Å². The molecule has 134 valence electrons. The zero-order chi connectivity index (χ0) is 19.0. The molecule has 0 radical (unpaired) electrons. The van der Waals surface area contributed by atoms with Crippen LogP contribution in [0.5, 0.6) is 11.5 Å². The highest BCUT2D eigenvalue weighted by Crippen LogP contribution is 2.37. The molecule has 0 N–H and O–H groups in total. The smallest absolute Gasteiger partial charge is 0.447 e. The predicted octanol–water partition coefficient (Wildman–Crippen LogP) is 3.96. The second kappa shape index (κ2) is 6.27. The summed E-state index contributed by atoms with van der Waals surface area (Å²) >= 11 is 0. The highest BCUT2D eigenvalue weighted by atomic mass is 32.2. The Morgan fingerprint density at radius 3 is 2.12 bits per heavy atom. The number of rotatable bonds is 4. The number of hydrogen-bond acceptors (Lipinski definition) is 5. The van der Waals surface area contributed by atoms with E-state index in [1.807, 2.05) is 0 Å². The summed E-state index contributed by atoms with van der Waals surface area (Å²) in [6, 6.07) is 3.14. The molecule has 0 saturated carbocycles. The van der Waals surface area contributed by atoms with Crippen LogP contribution in [-0.2, 0) is 9.84 Å². The summed E-state index contributed by atoms with van der Waals surface area (Å²) in [6.07, 6.45) is 0. The summed E-state index contributed by atoms with van der Waals surface area (Å²) in [7, 11) is -5.82. The van der Waals surface area contributed by atoms with Crippen LogP contribution in [0.4, 0.5) is 27.6 Å². The summed E-state index contributed by atoms with van der Waals surface area (Å²) in [6.45, 7) is 0. The SMILES string of the molecule is O=[N+]([O-])c1cc(S(=O)(=O)C(F)(F)F)ccc1Oc1ccc(F)cc1F. The third-order valence-electron chi connectivity index (χ3n) is 2.86. The molecule has 0 aliphatic heterocycles. The van der Waals surface area contributed by atoms with Crippen LogP contribution >= 0.6 is 0 Å². The zero-order valence-electron chi connectivity index (χ0n) is 11.8. The van der Waals surface area contributed by atoms with E-state index < -0.39 is 54.0 Å². The van der Waals surface area contributed by atoms with Crippen LogP contribution in [0, 0.1) is 21.7 Å². The molecule has 12 heteroatoms. The van der Waals surface area contributed by atoms with Crippen molar-refractivity contribution in [1.29, 1.82) is 0 Å². The van der Waals surface area contributed by atoms with Crippen LogP contribution in [0.25, 0.3) is 0 Å². The maximum absolute atomic E-state index is 13.5. The highest BCUT2D eigenvalue weighted by Gasteiger charge is 2.47. The van der Waals surface area contributed by atoms with E-state index in [0.717, 1.165) is 12.1 Å². The standard InChI is InChI=1S/C13H6F5NO5S/c14-7-1-3-11(9(15)5-7)24-12-4-2-8(6-10(12)19(20)21)25(22,23)13(16,17)18/h1-6H. The lowest BCUT2D eigenvalue weighted by Gasteiger charge is -2.10. The van der Waals surface area contributed by atoms with Gasteiger partial charge >= 0.3 is 11.2 Å². The molecule has 0 fully saturated rings. The minimum Gasteiger partial charge on any atom is -0.447 e. The number of halogens is 5. The van der Waals surface area contributed by atoms with E-state index in [0.29, 0.717) is 18.2 Å². The van der Waals surface area contributed by atoms with Crippen molar-refractivity contribution in [2.24, 2.45) is 0 Å². The molecule has 0 atom stereocenters.